The molecule has 0 aliphatic carbocycles. The van der Waals surface area contributed by atoms with Crippen LogP contribution in [0.1, 0.15) is 42.5 Å². The molecular formula is C16H18N2O3. The lowest BCUT2D eigenvalue weighted by atomic mass is 9.87. The molecule has 1 heterocycles. The van der Waals surface area contributed by atoms with Gasteiger partial charge in [-0.3, -0.25) is 0 Å². The Hall–Kier alpha value is -2.43. The minimum Gasteiger partial charge on any atom is -0.477 e. The van der Waals surface area contributed by atoms with Crippen LogP contribution in [0.15, 0.2) is 30.3 Å². The number of benzene rings is 1. The molecule has 5 heteroatoms. The van der Waals surface area contributed by atoms with E-state index in [1.807, 2.05) is 24.3 Å². The summed E-state index contributed by atoms with van der Waals surface area (Å²) in [7, 11) is 0. The van der Waals surface area contributed by atoms with E-state index in [4.69, 9.17) is 9.84 Å². The van der Waals surface area contributed by atoms with E-state index < -0.39 is 5.97 Å². The fourth-order valence-corrected chi connectivity index (χ4v) is 1.82. The van der Waals surface area contributed by atoms with Gasteiger partial charge in [0.05, 0.1) is 0 Å². The van der Waals surface area contributed by atoms with Crippen molar-refractivity contribution in [2.24, 2.45) is 0 Å². The Morgan fingerprint density at radius 1 is 1.14 bits per heavy atom. The number of hydrogen-bond donors (Lipinski definition) is 1. The van der Waals surface area contributed by atoms with Crippen LogP contribution in [0.5, 0.6) is 11.8 Å². The number of nitrogens with zero attached hydrogens (tertiary/aromatic N) is 2. The zero-order chi connectivity index (χ0) is 15.6. The average Bonchev–Trinajstić information content (AvgIpc) is 2.37. The molecule has 1 aromatic heterocycles. The second-order valence-electron chi connectivity index (χ2n) is 5.86. The van der Waals surface area contributed by atoms with Gasteiger partial charge >= 0.3 is 12.0 Å². The Morgan fingerprint density at radius 2 is 1.76 bits per heavy atom. The second-order valence-corrected chi connectivity index (χ2v) is 5.86. The van der Waals surface area contributed by atoms with Crippen LogP contribution in [-0.2, 0) is 5.41 Å². The van der Waals surface area contributed by atoms with E-state index in [0.717, 1.165) is 0 Å². The normalized spacial score (nSPS) is 11.2. The van der Waals surface area contributed by atoms with Crippen LogP contribution in [0.25, 0.3) is 0 Å². The first-order valence-corrected chi connectivity index (χ1v) is 6.63. The van der Waals surface area contributed by atoms with Gasteiger partial charge in [-0.15, -0.1) is 0 Å². The van der Waals surface area contributed by atoms with Crippen molar-refractivity contribution in [3.8, 4) is 11.8 Å². The molecule has 0 atom stereocenters. The third-order valence-electron chi connectivity index (χ3n) is 2.98. The zero-order valence-corrected chi connectivity index (χ0v) is 12.5. The van der Waals surface area contributed by atoms with Crippen molar-refractivity contribution in [2.75, 3.05) is 0 Å². The first-order valence-electron chi connectivity index (χ1n) is 6.63. The number of rotatable bonds is 3. The van der Waals surface area contributed by atoms with Crippen molar-refractivity contribution >= 4 is 5.97 Å². The molecule has 0 amide bonds. The molecule has 2 rings (SSSR count). The quantitative estimate of drug-likeness (QED) is 0.933. The van der Waals surface area contributed by atoms with Gasteiger partial charge in [0.25, 0.3) is 0 Å². The Labute approximate surface area is 123 Å². The first-order chi connectivity index (χ1) is 9.75. The van der Waals surface area contributed by atoms with Gasteiger partial charge in [0.15, 0.2) is 5.69 Å². The van der Waals surface area contributed by atoms with Gasteiger partial charge in [-0.25, -0.2) is 9.78 Å². The number of carboxylic acid groups (broad SMARTS) is 1. The van der Waals surface area contributed by atoms with Crippen LogP contribution >= 0.6 is 0 Å². The number of hydrogen-bond acceptors (Lipinski definition) is 4. The van der Waals surface area contributed by atoms with Crippen molar-refractivity contribution in [1.82, 2.24) is 9.97 Å². The standard InChI is InChI=1S/C16H18N2O3/c1-10-9-13(14(19)20)18-15(17-10)21-12-7-5-11(6-8-12)16(2,3)4/h5-9H,1-4H3,(H,19,20). The molecule has 0 unspecified atom stereocenters. The number of aryl methyl sites for hydroxylation is 1. The fraction of sp³-hybridized carbons (Fsp3) is 0.312. The Bertz CT molecular complexity index is 658. The summed E-state index contributed by atoms with van der Waals surface area (Å²) in [5.74, 6) is -0.529. The summed E-state index contributed by atoms with van der Waals surface area (Å²) >= 11 is 0. The van der Waals surface area contributed by atoms with E-state index >= 15 is 0 Å². The van der Waals surface area contributed by atoms with Crippen molar-refractivity contribution in [1.29, 1.82) is 0 Å². The second kappa shape index (κ2) is 5.52. The first kappa shape index (κ1) is 15.0. The maximum absolute atomic E-state index is 11.0. The largest absolute Gasteiger partial charge is 0.477 e. The highest BCUT2D eigenvalue weighted by molar-refractivity contribution is 5.85. The summed E-state index contributed by atoms with van der Waals surface area (Å²) in [5.41, 5.74) is 1.72. The average molecular weight is 286 g/mol. The lowest BCUT2D eigenvalue weighted by Gasteiger charge is -2.19. The topological polar surface area (TPSA) is 72.3 Å². The fourth-order valence-electron chi connectivity index (χ4n) is 1.82. The van der Waals surface area contributed by atoms with Gasteiger partial charge in [0.1, 0.15) is 5.75 Å². The molecule has 0 saturated carbocycles. The predicted molar refractivity (Wildman–Crippen MR) is 78.9 cm³/mol. The Morgan fingerprint density at radius 3 is 2.29 bits per heavy atom. The highest BCUT2D eigenvalue weighted by atomic mass is 16.5. The van der Waals surface area contributed by atoms with E-state index in [0.29, 0.717) is 11.4 Å². The summed E-state index contributed by atoms with van der Waals surface area (Å²) in [6.07, 6.45) is 0. The van der Waals surface area contributed by atoms with Crippen LogP contribution in [0.3, 0.4) is 0 Å². The minimum absolute atomic E-state index is 0.0379. The predicted octanol–water partition coefficient (Wildman–Crippen LogP) is 3.57. The van der Waals surface area contributed by atoms with Crippen LogP contribution < -0.4 is 4.74 Å². The molecule has 0 fully saturated rings. The lowest BCUT2D eigenvalue weighted by molar-refractivity contribution is 0.0689. The summed E-state index contributed by atoms with van der Waals surface area (Å²) in [4.78, 5) is 18.9. The molecule has 0 saturated heterocycles. The molecule has 0 aliphatic heterocycles. The van der Waals surface area contributed by atoms with Gasteiger partial charge in [0, 0.05) is 5.69 Å². The molecule has 110 valence electrons. The molecule has 5 nitrogen and oxygen atoms in total. The maximum Gasteiger partial charge on any atom is 0.354 e. The van der Waals surface area contributed by atoms with Gasteiger partial charge < -0.3 is 9.84 Å². The van der Waals surface area contributed by atoms with Gasteiger partial charge in [-0.1, -0.05) is 32.9 Å². The highest BCUT2D eigenvalue weighted by Crippen LogP contribution is 2.26. The van der Waals surface area contributed by atoms with Gasteiger partial charge in [0.2, 0.25) is 0 Å². The smallest absolute Gasteiger partial charge is 0.354 e. The molecule has 2 aromatic rings. The van der Waals surface area contributed by atoms with Crippen molar-refractivity contribution in [2.45, 2.75) is 33.1 Å². The maximum atomic E-state index is 11.0. The van der Waals surface area contributed by atoms with Crippen LogP contribution in [0.2, 0.25) is 0 Å². The molecular weight excluding hydrogens is 268 g/mol. The van der Waals surface area contributed by atoms with Crippen molar-refractivity contribution < 1.29 is 14.6 Å². The molecule has 1 N–H and O–H groups in total. The van der Waals surface area contributed by atoms with E-state index in [-0.39, 0.29) is 17.1 Å². The summed E-state index contributed by atoms with van der Waals surface area (Å²) in [5, 5.41) is 8.98. The number of aromatic carboxylic acids is 1. The third-order valence-corrected chi connectivity index (χ3v) is 2.98. The van der Waals surface area contributed by atoms with Gasteiger partial charge in [-0.05, 0) is 36.1 Å². The molecule has 0 aliphatic rings. The molecule has 1 aromatic carbocycles. The summed E-state index contributed by atoms with van der Waals surface area (Å²) in [6, 6.07) is 9.04. The van der Waals surface area contributed by atoms with Gasteiger partial charge in [-0.2, -0.15) is 4.98 Å². The minimum atomic E-state index is -1.10. The molecule has 0 bridgehead atoms. The van der Waals surface area contributed by atoms with E-state index in [1.165, 1.54) is 11.6 Å². The summed E-state index contributed by atoms with van der Waals surface area (Å²) < 4.78 is 5.53. The van der Waals surface area contributed by atoms with E-state index in [9.17, 15) is 4.79 Å². The Balaban J connectivity index is 2.24. The van der Waals surface area contributed by atoms with Crippen molar-refractivity contribution in [3.63, 3.8) is 0 Å². The highest BCUT2D eigenvalue weighted by Gasteiger charge is 2.14. The monoisotopic (exact) mass is 286 g/mol. The zero-order valence-electron chi connectivity index (χ0n) is 12.5. The Kier molecular flexibility index (Phi) is 3.93. The number of ether oxygens (including phenoxy) is 1. The van der Waals surface area contributed by atoms with Crippen LogP contribution in [-0.4, -0.2) is 21.0 Å². The lowest BCUT2D eigenvalue weighted by Crippen LogP contribution is -2.10. The molecule has 0 radical (unpaired) electrons. The van der Waals surface area contributed by atoms with E-state index in [2.05, 4.69) is 30.7 Å². The summed E-state index contributed by atoms with van der Waals surface area (Å²) in [6.45, 7) is 8.09. The van der Waals surface area contributed by atoms with Crippen LogP contribution in [0.4, 0.5) is 0 Å². The number of aromatic nitrogens is 2. The third kappa shape index (κ3) is 3.78. The number of carboxylic acids is 1. The molecule has 21 heavy (non-hydrogen) atoms. The van der Waals surface area contributed by atoms with E-state index in [1.54, 1.807) is 6.92 Å². The van der Waals surface area contributed by atoms with Crippen molar-refractivity contribution in [3.05, 3.63) is 47.3 Å². The SMILES string of the molecule is Cc1cc(C(=O)O)nc(Oc2ccc(C(C)(C)C)cc2)n1. The molecule has 0 spiro atoms. The number of carbonyl (C=O) groups is 1. The van der Waals surface area contributed by atoms with Crippen LogP contribution in [0, 0.1) is 6.92 Å².